The second-order valence-corrected chi connectivity index (χ2v) is 8.84. The van der Waals surface area contributed by atoms with E-state index >= 15 is 0 Å². The van der Waals surface area contributed by atoms with E-state index in [-0.39, 0.29) is 23.9 Å². The van der Waals surface area contributed by atoms with Gasteiger partial charge in [-0.2, -0.15) is 5.26 Å². The molecule has 1 saturated carbocycles. The number of hydrogen-bond donors (Lipinski definition) is 1. The molecule has 1 fully saturated rings. The molecule has 1 amide bonds. The number of anilines is 2. The zero-order valence-electron chi connectivity index (χ0n) is 18.1. The molecule has 1 aliphatic heterocycles. The summed E-state index contributed by atoms with van der Waals surface area (Å²) in [6.07, 6.45) is 2.32. The summed E-state index contributed by atoms with van der Waals surface area (Å²) in [5, 5.41) is 13.1. The fourth-order valence-corrected chi connectivity index (χ4v) is 4.77. The summed E-state index contributed by atoms with van der Waals surface area (Å²) in [7, 11) is 4.06. The number of pyridine rings is 1. The summed E-state index contributed by atoms with van der Waals surface area (Å²) in [5.74, 6) is 1.62. The lowest BCUT2D eigenvalue weighted by Crippen LogP contribution is -2.51. The highest BCUT2D eigenvalue weighted by Gasteiger charge is 2.47. The van der Waals surface area contributed by atoms with Gasteiger partial charge in [-0.1, -0.05) is 13.0 Å². The van der Waals surface area contributed by atoms with Gasteiger partial charge >= 0.3 is 0 Å². The summed E-state index contributed by atoms with van der Waals surface area (Å²) in [4.78, 5) is 21.5. The molecule has 0 saturated heterocycles. The van der Waals surface area contributed by atoms with Crippen LogP contribution in [0.1, 0.15) is 49.6 Å². The molecular formula is C24H29N5O. The summed E-state index contributed by atoms with van der Waals surface area (Å²) in [6, 6.07) is 14.1. The predicted octanol–water partition coefficient (Wildman–Crippen LogP) is 3.95. The second-order valence-electron chi connectivity index (χ2n) is 8.84. The molecular weight excluding hydrogens is 374 g/mol. The Morgan fingerprint density at radius 1 is 1.30 bits per heavy atom. The van der Waals surface area contributed by atoms with Gasteiger partial charge in [0.15, 0.2) is 0 Å². The van der Waals surface area contributed by atoms with E-state index in [9.17, 15) is 10.1 Å². The van der Waals surface area contributed by atoms with Crippen LogP contribution < -0.4 is 10.2 Å². The van der Waals surface area contributed by atoms with Gasteiger partial charge in [0.2, 0.25) is 5.91 Å². The van der Waals surface area contributed by atoms with Crippen molar-refractivity contribution in [3.63, 3.8) is 0 Å². The molecule has 1 N–H and O–H groups in total. The molecule has 1 aliphatic carbocycles. The molecule has 30 heavy (non-hydrogen) atoms. The first-order valence-electron chi connectivity index (χ1n) is 10.6. The number of nitrogens with zero attached hydrogens (tertiary/aromatic N) is 4. The number of hydrogen-bond acceptors (Lipinski definition) is 5. The summed E-state index contributed by atoms with van der Waals surface area (Å²) < 4.78 is 0. The number of aromatic nitrogens is 1. The fraction of sp³-hybridized carbons (Fsp3) is 0.458. The highest BCUT2D eigenvalue weighted by Crippen LogP contribution is 2.50. The molecule has 0 unspecified atom stereocenters. The molecule has 6 heteroatoms. The number of nitriles is 1. The molecule has 3 atom stereocenters. The van der Waals surface area contributed by atoms with Gasteiger partial charge in [0.25, 0.3) is 0 Å². The van der Waals surface area contributed by atoms with Crippen molar-refractivity contribution in [3.05, 3.63) is 53.2 Å². The van der Waals surface area contributed by atoms with Gasteiger partial charge in [0.05, 0.1) is 23.4 Å². The zero-order chi connectivity index (χ0) is 21.4. The number of fused-ring (bicyclic) bond motifs is 1. The van der Waals surface area contributed by atoms with Gasteiger partial charge in [-0.15, -0.1) is 0 Å². The lowest BCUT2D eigenvalue weighted by molar-refractivity contribution is -0.117. The number of benzene rings is 1. The number of nitrogens with one attached hydrogen (secondary N) is 1. The van der Waals surface area contributed by atoms with E-state index in [1.807, 2.05) is 55.4 Å². The second kappa shape index (κ2) is 8.08. The molecule has 0 radical (unpaired) electrons. The highest BCUT2D eigenvalue weighted by molar-refractivity contribution is 5.94. The van der Waals surface area contributed by atoms with Crippen molar-refractivity contribution in [1.82, 2.24) is 9.88 Å². The maximum absolute atomic E-state index is 12.6. The molecule has 1 aromatic heterocycles. The Morgan fingerprint density at radius 2 is 2.07 bits per heavy atom. The first-order chi connectivity index (χ1) is 14.4. The molecule has 2 heterocycles. The van der Waals surface area contributed by atoms with Crippen LogP contribution in [-0.2, 0) is 11.3 Å². The van der Waals surface area contributed by atoms with Crippen LogP contribution in [0.25, 0.3) is 0 Å². The third-order valence-corrected chi connectivity index (χ3v) is 6.15. The van der Waals surface area contributed by atoms with Crippen LogP contribution in [0.2, 0.25) is 0 Å². The Bertz CT molecular complexity index is 991. The molecule has 2 aromatic rings. The molecule has 6 nitrogen and oxygen atoms in total. The van der Waals surface area contributed by atoms with Crippen LogP contribution in [0.4, 0.5) is 11.5 Å². The van der Waals surface area contributed by atoms with Gasteiger partial charge in [0.1, 0.15) is 5.82 Å². The largest absolute Gasteiger partial charge is 0.363 e. The van der Waals surface area contributed by atoms with Gasteiger partial charge in [-0.3, -0.25) is 4.79 Å². The molecule has 1 aromatic carbocycles. The monoisotopic (exact) mass is 403 g/mol. The normalized spacial score (nSPS) is 23.1. The maximum atomic E-state index is 12.6. The van der Waals surface area contributed by atoms with E-state index in [2.05, 4.69) is 23.2 Å². The average molecular weight is 404 g/mol. The summed E-state index contributed by atoms with van der Waals surface area (Å²) >= 11 is 0. The lowest BCUT2D eigenvalue weighted by Gasteiger charge is -2.46. The van der Waals surface area contributed by atoms with Crippen molar-refractivity contribution in [2.24, 2.45) is 11.8 Å². The van der Waals surface area contributed by atoms with E-state index in [0.717, 1.165) is 42.1 Å². The van der Waals surface area contributed by atoms with Crippen molar-refractivity contribution in [3.8, 4) is 6.07 Å². The highest BCUT2D eigenvalue weighted by atomic mass is 16.2. The zero-order valence-corrected chi connectivity index (χ0v) is 18.1. The van der Waals surface area contributed by atoms with E-state index in [1.54, 1.807) is 6.92 Å². The van der Waals surface area contributed by atoms with E-state index in [4.69, 9.17) is 4.98 Å². The Labute approximate surface area is 178 Å². The topological polar surface area (TPSA) is 72.3 Å². The Hall–Kier alpha value is -2.91. The summed E-state index contributed by atoms with van der Waals surface area (Å²) in [5.41, 5.74) is 3.52. The van der Waals surface area contributed by atoms with E-state index in [0.29, 0.717) is 11.5 Å². The van der Waals surface area contributed by atoms with Crippen LogP contribution >= 0.6 is 0 Å². The predicted molar refractivity (Wildman–Crippen MR) is 118 cm³/mol. The first kappa shape index (κ1) is 20.4. The minimum Gasteiger partial charge on any atom is -0.363 e. The number of amides is 1. The molecule has 0 spiro atoms. The molecule has 156 valence electrons. The SMILES string of the molecule is CC(=O)N1c2ccc(C#N)cc2[C@H](Nc2cccc(CN(C)C)n2)[C@@H](C)[C@@H]1C1CC1. The lowest BCUT2D eigenvalue weighted by atomic mass is 9.79. The van der Waals surface area contributed by atoms with Crippen molar-refractivity contribution in [1.29, 1.82) is 5.26 Å². The number of carbonyl (C=O) groups excluding carboxylic acids is 1. The number of rotatable bonds is 5. The fourth-order valence-electron chi connectivity index (χ4n) is 4.77. The van der Waals surface area contributed by atoms with Crippen LogP contribution in [0, 0.1) is 23.2 Å². The van der Waals surface area contributed by atoms with E-state index < -0.39 is 0 Å². The van der Waals surface area contributed by atoms with Gasteiger partial charge < -0.3 is 15.1 Å². The van der Waals surface area contributed by atoms with Crippen molar-refractivity contribution in [2.75, 3.05) is 24.3 Å². The molecule has 0 bridgehead atoms. The molecule has 4 rings (SSSR count). The summed E-state index contributed by atoms with van der Waals surface area (Å²) in [6.45, 7) is 4.63. The Balaban J connectivity index is 1.76. The van der Waals surface area contributed by atoms with Crippen molar-refractivity contribution < 1.29 is 4.79 Å². The average Bonchev–Trinajstić information content (AvgIpc) is 3.53. The van der Waals surface area contributed by atoms with Gasteiger partial charge in [0, 0.05) is 31.1 Å². The third-order valence-electron chi connectivity index (χ3n) is 6.15. The Kier molecular flexibility index (Phi) is 5.48. The molecule has 2 aliphatic rings. The maximum Gasteiger partial charge on any atom is 0.224 e. The van der Waals surface area contributed by atoms with Gasteiger partial charge in [-0.05, 0) is 68.8 Å². The first-order valence-corrected chi connectivity index (χ1v) is 10.6. The van der Waals surface area contributed by atoms with E-state index in [1.165, 1.54) is 0 Å². The third kappa shape index (κ3) is 3.90. The number of carbonyl (C=O) groups is 1. The minimum atomic E-state index is -0.0170. The standard InChI is InChI=1S/C24H29N5O/c1-15-23(27-22-7-5-6-19(26-22)14-28(3)4)20-12-17(13-25)8-11-21(20)29(16(2)30)24(15)18-9-10-18/h5-8,11-12,15,18,23-24H,9-10,14H2,1-4H3,(H,26,27)/t15-,23-,24-/m1/s1. The Morgan fingerprint density at radius 3 is 2.70 bits per heavy atom. The van der Waals surface area contributed by atoms with Crippen molar-refractivity contribution >= 4 is 17.4 Å². The van der Waals surface area contributed by atoms with Crippen LogP contribution in [0.5, 0.6) is 0 Å². The van der Waals surface area contributed by atoms with Crippen molar-refractivity contribution in [2.45, 2.75) is 45.3 Å². The van der Waals surface area contributed by atoms with Crippen LogP contribution in [-0.4, -0.2) is 35.9 Å². The smallest absolute Gasteiger partial charge is 0.224 e. The van der Waals surface area contributed by atoms with Crippen LogP contribution in [0.15, 0.2) is 36.4 Å². The minimum absolute atomic E-state index is 0.0170. The quantitative estimate of drug-likeness (QED) is 0.818. The van der Waals surface area contributed by atoms with Crippen LogP contribution in [0.3, 0.4) is 0 Å². The van der Waals surface area contributed by atoms with Gasteiger partial charge in [-0.25, -0.2) is 4.98 Å².